The summed E-state index contributed by atoms with van der Waals surface area (Å²) >= 11 is 3.24. The van der Waals surface area contributed by atoms with Crippen LogP contribution < -0.4 is 4.90 Å². The van der Waals surface area contributed by atoms with Crippen LogP contribution >= 0.6 is 23.1 Å². The number of carbonyl (C=O) groups is 1. The van der Waals surface area contributed by atoms with Crippen molar-refractivity contribution < 1.29 is 4.79 Å². The molecule has 0 unspecified atom stereocenters. The average Bonchev–Trinajstić information content (AvgIpc) is 3.25. The first-order valence-corrected chi connectivity index (χ1v) is 11.0. The van der Waals surface area contributed by atoms with Gasteiger partial charge in [-0.15, -0.1) is 11.3 Å². The lowest BCUT2D eigenvalue weighted by Gasteiger charge is -2.32. The number of amides is 1. The van der Waals surface area contributed by atoms with Gasteiger partial charge in [0, 0.05) is 17.6 Å². The van der Waals surface area contributed by atoms with E-state index in [1.807, 2.05) is 18.2 Å². The van der Waals surface area contributed by atoms with Crippen molar-refractivity contribution in [2.75, 3.05) is 10.7 Å². The van der Waals surface area contributed by atoms with Gasteiger partial charge in [0.05, 0.1) is 16.0 Å². The lowest BCUT2D eigenvalue weighted by molar-refractivity contribution is -0.116. The van der Waals surface area contributed by atoms with Gasteiger partial charge < -0.3 is 4.90 Å². The van der Waals surface area contributed by atoms with E-state index in [9.17, 15) is 4.79 Å². The molecule has 1 aliphatic heterocycles. The van der Waals surface area contributed by atoms with Gasteiger partial charge in [-0.3, -0.25) is 4.79 Å². The summed E-state index contributed by atoms with van der Waals surface area (Å²) in [6.45, 7) is 0. The minimum absolute atomic E-state index is 0.219. The Hall–Kier alpha value is -1.85. The molecule has 2 aromatic carbocycles. The van der Waals surface area contributed by atoms with Crippen molar-refractivity contribution >= 4 is 44.9 Å². The second-order valence-corrected chi connectivity index (χ2v) is 9.27. The van der Waals surface area contributed by atoms with E-state index in [1.165, 1.54) is 29.5 Å². The van der Waals surface area contributed by atoms with Crippen molar-refractivity contribution in [2.24, 2.45) is 0 Å². The van der Waals surface area contributed by atoms with E-state index in [0.29, 0.717) is 17.7 Å². The Balaban J connectivity index is 1.37. The number of anilines is 1. The molecule has 1 saturated carbocycles. The zero-order chi connectivity index (χ0) is 17.5. The highest BCUT2D eigenvalue weighted by Gasteiger charge is 2.42. The molecule has 2 heterocycles. The highest BCUT2D eigenvalue weighted by atomic mass is 32.2. The molecule has 132 valence electrons. The van der Waals surface area contributed by atoms with Crippen LogP contribution in [0.4, 0.5) is 5.69 Å². The summed E-state index contributed by atoms with van der Waals surface area (Å²) in [5, 5.41) is 0. The van der Waals surface area contributed by atoms with Gasteiger partial charge in [-0.2, -0.15) is 0 Å². The smallest absolute Gasteiger partial charge is 0.237 e. The largest absolute Gasteiger partial charge is 0.308 e. The number of benzene rings is 2. The number of para-hydroxylation sites is 2. The van der Waals surface area contributed by atoms with Gasteiger partial charge in [-0.25, -0.2) is 4.98 Å². The van der Waals surface area contributed by atoms with E-state index in [4.69, 9.17) is 0 Å². The summed E-state index contributed by atoms with van der Waals surface area (Å²) < 4.78 is 2.16. The fourth-order valence-electron chi connectivity index (χ4n) is 4.41. The van der Waals surface area contributed by atoms with Gasteiger partial charge in [-0.05, 0) is 36.6 Å². The first kappa shape index (κ1) is 16.3. The van der Waals surface area contributed by atoms with E-state index >= 15 is 0 Å². The number of nitrogens with zero attached hydrogens (tertiary/aromatic N) is 2. The molecule has 0 spiro atoms. The van der Waals surface area contributed by atoms with Crippen LogP contribution in [0.15, 0.2) is 52.9 Å². The van der Waals surface area contributed by atoms with Crippen molar-refractivity contribution in [2.45, 2.75) is 42.0 Å². The average molecular weight is 381 g/mol. The Bertz CT molecular complexity index is 934. The summed E-state index contributed by atoms with van der Waals surface area (Å²) in [5.41, 5.74) is 3.53. The molecular weight excluding hydrogens is 360 g/mol. The van der Waals surface area contributed by atoms with Crippen LogP contribution in [0.5, 0.6) is 0 Å². The highest BCUT2D eigenvalue weighted by molar-refractivity contribution is 8.01. The topological polar surface area (TPSA) is 33.2 Å². The molecule has 1 amide bonds. The second kappa shape index (κ2) is 6.71. The van der Waals surface area contributed by atoms with Crippen LogP contribution in [0.1, 0.15) is 37.2 Å². The van der Waals surface area contributed by atoms with Crippen LogP contribution in [0.25, 0.3) is 10.2 Å². The summed E-state index contributed by atoms with van der Waals surface area (Å²) in [4.78, 5) is 19.9. The van der Waals surface area contributed by atoms with Crippen LogP contribution in [0.3, 0.4) is 0 Å². The van der Waals surface area contributed by atoms with E-state index in [2.05, 4.69) is 40.2 Å². The summed E-state index contributed by atoms with van der Waals surface area (Å²) in [7, 11) is 0. The summed E-state index contributed by atoms with van der Waals surface area (Å²) in [5.74, 6) is 1.20. The van der Waals surface area contributed by atoms with Gasteiger partial charge in [0.2, 0.25) is 5.91 Å². The standard InChI is InChI=1S/C21H20N2OS2/c24-20(13-25-21-22-16-9-3-6-12-19(16)26-21)23-17-10-4-1-7-14(17)15-8-2-5-11-18(15)23/h1,3-4,6-7,9-10,12,15,18H,2,5,8,11,13H2/t15-,18+/m1/s1. The van der Waals surface area contributed by atoms with Gasteiger partial charge in [0.25, 0.3) is 0 Å². The molecule has 0 radical (unpaired) electrons. The third-order valence-corrected chi connectivity index (χ3v) is 7.68. The first-order chi connectivity index (χ1) is 12.8. The molecule has 0 N–H and O–H groups in total. The van der Waals surface area contributed by atoms with Crippen molar-refractivity contribution in [1.29, 1.82) is 0 Å². The normalized spacial score (nSPS) is 21.6. The monoisotopic (exact) mass is 380 g/mol. The van der Waals surface area contributed by atoms with Crippen molar-refractivity contribution in [1.82, 2.24) is 4.98 Å². The van der Waals surface area contributed by atoms with Gasteiger partial charge in [0.15, 0.2) is 4.34 Å². The Labute approximate surface area is 161 Å². The molecule has 3 aromatic rings. The Morgan fingerprint density at radius 1 is 1.12 bits per heavy atom. The molecule has 2 aliphatic rings. The number of thiazole rings is 1. The van der Waals surface area contributed by atoms with Crippen molar-refractivity contribution in [3.05, 3.63) is 54.1 Å². The summed E-state index contributed by atoms with van der Waals surface area (Å²) in [6, 6.07) is 17.0. The molecule has 1 aromatic heterocycles. The molecule has 5 rings (SSSR count). The van der Waals surface area contributed by atoms with Gasteiger partial charge in [0.1, 0.15) is 0 Å². The maximum Gasteiger partial charge on any atom is 0.237 e. The molecule has 1 fully saturated rings. The van der Waals surface area contributed by atoms with Gasteiger partial charge in [-0.1, -0.05) is 54.9 Å². The van der Waals surface area contributed by atoms with Gasteiger partial charge >= 0.3 is 0 Å². The number of fused-ring (bicyclic) bond motifs is 4. The second-order valence-electron chi connectivity index (χ2n) is 7.02. The number of rotatable bonds is 3. The molecule has 1 aliphatic carbocycles. The lowest BCUT2D eigenvalue weighted by atomic mass is 9.82. The molecule has 0 bridgehead atoms. The van der Waals surface area contributed by atoms with E-state index in [1.54, 1.807) is 23.1 Å². The number of hydrogen-bond donors (Lipinski definition) is 0. The zero-order valence-corrected chi connectivity index (χ0v) is 16.1. The minimum Gasteiger partial charge on any atom is -0.308 e. The molecular formula is C21H20N2OS2. The summed E-state index contributed by atoms with van der Waals surface area (Å²) in [6.07, 6.45) is 4.83. The zero-order valence-electron chi connectivity index (χ0n) is 14.4. The Morgan fingerprint density at radius 3 is 2.85 bits per heavy atom. The number of hydrogen-bond acceptors (Lipinski definition) is 4. The first-order valence-electron chi connectivity index (χ1n) is 9.20. The maximum atomic E-state index is 13.1. The number of thioether (sulfide) groups is 1. The van der Waals surface area contributed by atoms with Crippen molar-refractivity contribution in [3.63, 3.8) is 0 Å². The fourth-order valence-corrected chi connectivity index (χ4v) is 6.34. The van der Waals surface area contributed by atoms with Crippen LogP contribution in [0.2, 0.25) is 0 Å². The van der Waals surface area contributed by atoms with Crippen LogP contribution in [0, 0.1) is 0 Å². The van der Waals surface area contributed by atoms with Crippen molar-refractivity contribution in [3.8, 4) is 0 Å². The van der Waals surface area contributed by atoms with Crippen LogP contribution in [-0.2, 0) is 4.79 Å². The van der Waals surface area contributed by atoms with E-state index in [0.717, 1.165) is 22.0 Å². The molecule has 26 heavy (non-hydrogen) atoms. The van der Waals surface area contributed by atoms with E-state index in [-0.39, 0.29) is 5.91 Å². The fraction of sp³-hybridized carbons (Fsp3) is 0.333. The Morgan fingerprint density at radius 2 is 1.92 bits per heavy atom. The highest BCUT2D eigenvalue weighted by Crippen LogP contribution is 2.48. The third kappa shape index (κ3) is 2.74. The molecule has 0 saturated heterocycles. The predicted octanol–water partition coefficient (Wildman–Crippen LogP) is 5.46. The lowest BCUT2D eigenvalue weighted by Crippen LogP contribution is -2.41. The predicted molar refractivity (Wildman–Crippen MR) is 109 cm³/mol. The Kier molecular flexibility index (Phi) is 4.21. The number of carbonyl (C=O) groups excluding carboxylic acids is 1. The number of aromatic nitrogens is 1. The molecule has 3 nitrogen and oxygen atoms in total. The quantitative estimate of drug-likeness (QED) is 0.566. The SMILES string of the molecule is O=C(CSc1nc2ccccc2s1)N1c2ccccc2[C@H]2CCCC[C@@H]21. The molecule has 2 atom stereocenters. The van der Waals surface area contributed by atoms with Crippen LogP contribution in [-0.4, -0.2) is 22.7 Å². The molecule has 5 heteroatoms. The third-order valence-electron chi connectivity index (χ3n) is 5.52. The maximum absolute atomic E-state index is 13.1. The van der Waals surface area contributed by atoms with E-state index < -0.39 is 0 Å². The minimum atomic E-state index is 0.219.